The average molecular weight is 401 g/mol. The highest BCUT2D eigenvalue weighted by molar-refractivity contribution is 4.83. The highest BCUT2D eigenvalue weighted by Gasteiger charge is 2.47. The normalized spacial score (nSPS) is 23.1. The van der Waals surface area contributed by atoms with Gasteiger partial charge in [-0.15, -0.1) is 0 Å². The van der Waals surface area contributed by atoms with Crippen LogP contribution in [-0.2, 0) is 19.6 Å². The van der Waals surface area contributed by atoms with E-state index in [2.05, 4.69) is 55.4 Å². The van der Waals surface area contributed by atoms with Gasteiger partial charge in [0.05, 0.1) is 11.2 Å². The molecule has 0 bridgehead atoms. The number of hydrogen-bond acceptors (Lipinski definition) is 4. The number of rotatable bonds is 14. The largest absolute Gasteiger partial charge is 0.236 e. The fraction of sp³-hybridized carbons (Fsp3) is 1.00. The van der Waals surface area contributed by atoms with Crippen LogP contribution < -0.4 is 0 Å². The van der Waals surface area contributed by atoms with Gasteiger partial charge in [-0.3, -0.25) is 0 Å². The molecule has 0 radical (unpaired) electrons. The molecule has 4 heteroatoms. The maximum absolute atomic E-state index is 6.10. The summed E-state index contributed by atoms with van der Waals surface area (Å²) in [6, 6.07) is 0. The molecule has 1 fully saturated rings. The fourth-order valence-corrected chi connectivity index (χ4v) is 3.91. The maximum atomic E-state index is 6.10. The smallest absolute Gasteiger partial charge is 0.228 e. The van der Waals surface area contributed by atoms with E-state index in [4.69, 9.17) is 19.6 Å². The third-order valence-electron chi connectivity index (χ3n) is 6.07. The quantitative estimate of drug-likeness (QED) is 0.129. The fourth-order valence-electron chi connectivity index (χ4n) is 3.91. The Labute approximate surface area is 174 Å². The summed E-state index contributed by atoms with van der Waals surface area (Å²) in [5.41, 5.74) is -0.657. The van der Waals surface area contributed by atoms with Crippen molar-refractivity contribution < 1.29 is 19.6 Å². The van der Waals surface area contributed by atoms with E-state index in [-0.39, 0.29) is 17.1 Å². The molecular formula is C24H48O4. The second-order valence-corrected chi connectivity index (χ2v) is 10.4. The summed E-state index contributed by atoms with van der Waals surface area (Å²) >= 11 is 0. The maximum Gasteiger partial charge on any atom is 0.236 e. The molecule has 1 saturated carbocycles. The molecule has 0 amide bonds. The first-order valence-electron chi connectivity index (χ1n) is 11.8. The van der Waals surface area contributed by atoms with E-state index >= 15 is 0 Å². The van der Waals surface area contributed by atoms with E-state index in [1.54, 1.807) is 0 Å². The Balaban J connectivity index is 2.73. The van der Waals surface area contributed by atoms with Crippen LogP contribution in [0.2, 0.25) is 0 Å². The molecule has 168 valence electrons. The molecule has 2 atom stereocenters. The lowest BCUT2D eigenvalue weighted by Gasteiger charge is -2.44. The van der Waals surface area contributed by atoms with Crippen molar-refractivity contribution in [2.75, 3.05) is 0 Å². The number of hydrogen-bond donors (Lipinski definition) is 0. The predicted molar refractivity (Wildman–Crippen MR) is 116 cm³/mol. The molecule has 28 heavy (non-hydrogen) atoms. The Hall–Kier alpha value is -0.160. The Bertz CT molecular complexity index is 393. The van der Waals surface area contributed by atoms with Crippen LogP contribution in [-0.4, -0.2) is 17.0 Å². The molecule has 0 aromatic carbocycles. The molecule has 0 aromatic heterocycles. The van der Waals surface area contributed by atoms with Crippen molar-refractivity contribution in [3.05, 3.63) is 0 Å². The summed E-state index contributed by atoms with van der Waals surface area (Å²) in [5.74, 6) is 0.0657. The van der Waals surface area contributed by atoms with Crippen LogP contribution in [0.1, 0.15) is 126 Å². The van der Waals surface area contributed by atoms with E-state index in [0.29, 0.717) is 5.92 Å². The molecule has 0 aromatic rings. The van der Waals surface area contributed by atoms with E-state index in [0.717, 1.165) is 44.9 Å². The van der Waals surface area contributed by atoms with Gasteiger partial charge in [0.2, 0.25) is 5.79 Å². The highest BCUT2D eigenvalue weighted by Crippen LogP contribution is 2.42. The van der Waals surface area contributed by atoms with Crippen molar-refractivity contribution in [1.29, 1.82) is 0 Å². The van der Waals surface area contributed by atoms with E-state index in [9.17, 15) is 0 Å². The number of unbranched alkanes of at least 4 members (excludes halogenated alkanes) is 4. The second-order valence-electron chi connectivity index (χ2n) is 10.4. The summed E-state index contributed by atoms with van der Waals surface area (Å²) < 4.78 is 0. The minimum atomic E-state index is -0.823. The minimum Gasteiger partial charge on any atom is -0.228 e. The molecule has 1 aliphatic rings. The highest BCUT2D eigenvalue weighted by atomic mass is 17.3. The lowest BCUT2D eigenvalue weighted by molar-refractivity contribution is -0.558. The first-order valence-corrected chi connectivity index (χ1v) is 11.8. The zero-order valence-electron chi connectivity index (χ0n) is 20.1. The lowest BCUT2D eigenvalue weighted by atomic mass is 9.79. The van der Waals surface area contributed by atoms with Gasteiger partial charge in [-0.05, 0) is 59.3 Å². The molecule has 1 rings (SSSR count). The van der Waals surface area contributed by atoms with Crippen molar-refractivity contribution in [3.8, 4) is 0 Å². The second kappa shape index (κ2) is 11.9. The molecule has 1 aliphatic carbocycles. The molecule has 0 N–H and O–H groups in total. The summed E-state index contributed by atoms with van der Waals surface area (Å²) in [7, 11) is 0. The van der Waals surface area contributed by atoms with Crippen LogP contribution >= 0.6 is 0 Å². The van der Waals surface area contributed by atoms with Gasteiger partial charge in [-0.25, -0.2) is 9.78 Å². The Morgan fingerprint density at radius 2 is 1.25 bits per heavy atom. The van der Waals surface area contributed by atoms with Crippen LogP contribution in [0.5, 0.6) is 0 Å². The molecule has 4 nitrogen and oxygen atoms in total. The van der Waals surface area contributed by atoms with Crippen molar-refractivity contribution in [1.82, 2.24) is 0 Å². The molecule has 0 heterocycles. The van der Waals surface area contributed by atoms with Gasteiger partial charge in [0, 0.05) is 12.3 Å². The summed E-state index contributed by atoms with van der Waals surface area (Å²) in [6.45, 7) is 17.3. The first kappa shape index (κ1) is 25.9. The topological polar surface area (TPSA) is 36.9 Å². The first-order chi connectivity index (χ1) is 13.1. The summed E-state index contributed by atoms with van der Waals surface area (Å²) in [5, 5.41) is 0. The molecule has 0 saturated heterocycles. The van der Waals surface area contributed by atoms with Gasteiger partial charge in [-0.2, -0.15) is 9.78 Å². The van der Waals surface area contributed by atoms with Gasteiger partial charge in [0.1, 0.15) is 0 Å². The SMILES string of the molecule is CCCCCC(C)(C)OOC1(OOC(C)(C)CCCCC)CCC(C)CC1C. The van der Waals surface area contributed by atoms with Crippen molar-refractivity contribution in [2.45, 2.75) is 143 Å². The zero-order valence-corrected chi connectivity index (χ0v) is 20.1. The van der Waals surface area contributed by atoms with Crippen LogP contribution in [0.4, 0.5) is 0 Å². The van der Waals surface area contributed by atoms with Gasteiger partial charge < -0.3 is 0 Å². The monoisotopic (exact) mass is 400 g/mol. The zero-order chi connectivity index (χ0) is 21.3. The molecule has 0 spiro atoms. The van der Waals surface area contributed by atoms with Gasteiger partial charge >= 0.3 is 0 Å². The van der Waals surface area contributed by atoms with Gasteiger partial charge in [-0.1, -0.05) is 66.2 Å². The summed E-state index contributed by atoms with van der Waals surface area (Å²) in [6.07, 6.45) is 12.0. The minimum absolute atomic E-state index is 0.217. The van der Waals surface area contributed by atoms with Crippen molar-refractivity contribution >= 4 is 0 Å². The molecule has 2 unspecified atom stereocenters. The lowest BCUT2D eigenvalue weighted by Crippen LogP contribution is -2.49. The Morgan fingerprint density at radius 3 is 1.64 bits per heavy atom. The van der Waals surface area contributed by atoms with Crippen molar-refractivity contribution in [3.63, 3.8) is 0 Å². The Morgan fingerprint density at radius 1 is 0.786 bits per heavy atom. The van der Waals surface area contributed by atoms with E-state index in [1.165, 1.54) is 25.7 Å². The molecule has 0 aliphatic heterocycles. The van der Waals surface area contributed by atoms with Crippen LogP contribution in [0.3, 0.4) is 0 Å². The van der Waals surface area contributed by atoms with E-state index < -0.39 is 5.79 Å². The van der Waals surface area contributed by atoms with E-state index in [1.807, 2.05) is 0 Å². The van der Waals surface area contributed by atoms with Crippen molar-refractivity contribution in [2.24, 2.45) is 11.8 Å². The third kappa shape index (κ3) is 9.11. The molecular weight excluding hydrogens is 352 g/mol. The summed E-state index contributed by atoms with van der Waals surface area (Å²) in [4.78, 5) is 24.2. The van der Waals surface area contributed by atoms with Crippen LogP contribution in [0.25, 0.3) is 0 Å². The standard InChI is InChI=1S/C24H48O4/c1-9-11-13-16-22(5,6)25-27-24(18-15-20(3)19-21(24)4)28-26-23(7,8)17-14-12-10-2/h20-21H,9-19H2,1-8H3. The van der Waals surface area contributed by atoms with Crippen LogP contribution in [0, 0.1) is 11.8 Å². The third-order valence-corrected chi connectivity index (χ3v) is 6.07. The van der Waals surface area contributed by atoms with Gasteiger partial charge in [0.25, 0.3) is 0 Å². The van der Waals surface area contributed by atoms with Crippen LogP contribution in [0.15, 0.2) is 0 Å². The predicted octanol–water partition coefficient (Wildman–Crippen LogP) is 7.75. The van der Waals surface area contributed by atoms with Gasteiger partial charge in [0.15, 0.2) is 0 Å². The average Bonchev–Trinajstić information content (AvgIpc) is 2.61. The Kier molecular flexibility index (Phi) is 11.0.